The molecule has 1 aromatic carbocycles. The lowest BCUT2D eigenvalue weighted by molar-refractivity contribution is -0.109. The van der Waals surface area contributed by atoms with Crippen LogP contribution >= 0.6 is 22.6 Å². The normalized spacial score (nSPS) is 9.83. The van der Waals surface area contributed by atoms with Crippen LogP contribution in [0.1, 0.15) is 12.0 Å². The van der Waals surface area contributed by atoms with Crippen LogP contribution in [0, 0.1) is 5.82 Å². The van der Waals surface area contributed by atoms with Crippen molar-refractivity contribution in [2.45, 2.75) is 12.8 Å². The smallest absolute Gasteiger partial charge is 0.192 e. The quantitative estimate of drug-likeness (QED) is 0.613. The molecule has 0 saturated carbocycles. The Morgan fingerprint density at radius 2 is 2.08 bits per heavy atom. The number of hydrogen-bond acceptors (Lipinski definition) is 1. The van der Waals surface area contributed by atoms with E-state index in [0.717, 1.165) is 0 Å². The van der Waals surface area contributed by atoms with Crippen molar-refractivity contribution in [2.24, 2.45) is 0 Å². The Labute approximate surface area is 84.1 Å². The topological polar surface area (TPSA) is 17.1 Å². The Morgan fingerprint density at radius 3 is 2.67 bits per heavy atom. The molecule has 0 radical (unpaired) electrons. The summed E-state index contributed by atoms with van der Waals surface area (Å²) in [5.41, 5.74) is 0.613. The number of carbonyl (C=O) groups is 1. The molecule has 0 spiro atoms. The molecule has 64 valence electrons. The van der Waals surface area contributed by atoms with Crippen LogP contribution in [-0.2, 0) is 11.2 Å². The third-order valence-corrected chi connectivity index (χ3v) is 2.09. The minimum Gasteiger partial charge on any atom is -0.288 e. The van der Waals surface area contributed by atoms with Gasteiger partial charge in [0.15, 0.2) is 3.79 Å². The van der Waals surface area contributed by atoms with Crippen molar-refractivity contribution in [3.8, 4) is 0 Å². The Hall–Kier alpha value is -0.450. The number of rotatable bonds is 3. The predicted octanol–water partition coefficient (Wildman–Crippen LogP) is 2.72. The minimum absolute atomic E-state index is 0.0656. The van der Waals surface area contributed by atoms with Gasteiger partial charge in [0.25, 0.3) is 0 Å². The van der Waals surface area contributed by atoms with Crippen LogP contribution in [0.3, 0.4) is 0 Å². The Balaban J connectivity index is 2.63. The Morgan fingerprint density at radius 1 is 1.42 bits per heavy atom. The zero-order valence-electron chi connectivity index (χ0n) is 6.39. The second-order valence-corrected chi connectivity index (χ2v) is 3.65. The van der Waals surface area contributed by atoms with Crippen LogP contribution in [0.4, 0.5) is 4.39 Å². The molecule has 3 heteroatoms. The van der Waals surface area contributed by atoms with Gasteiger partial charge in [0.2, 0.25) is 0 Å². The maximum atomic E-state index is 12.9. The number of halogens is 2. The predicted molar refractivity (Wildman–Crippen MR) is 53.7 cm³/mol. The van der Waals surface area contributed by atoms with E-state index >= 15 is 0 Å². The zero-order chi connectivity index (χ0) is 8.97. The van der Waals surface area contributed by atoms with Crippen LogP contribution < -0.4 is 0 Å². The molecule has 0 aliphatic carbocycles. The molecule has 1 aromatic rings. The highest BCUT2D eigenvalue weighted by atomic mass is 127. The van der Waals surface area contributed by atoms with Crippen molar-refractivity contribution in [1.82, 2.24) is 0 Å². The van der Waals surface area contributed by atoms with E-state index in [9.17, 15) is 9.18 Å². The standard InChI is InChI=1S/C9H8FIO/c10-8-4-2-1-3-7(8)5-6-9(11)12/h1-4H,5-6H2. The monoisotopic (exact) mass is 278 g/mol. The van der Waals surface area contributed by atoms with Gasteiger partial charge in [-0.15, -0.1) is 0 Å². The van der Waals surface area contributed by atoms with Gasteiger partial charge in [-0.1, -0.05) is 18.2 Å². The van der Waals surface area contributed by atoms with E-state index in [4.69, 9.17) is 0 Å². The molecule has 1 rings (SSSR count). The van der Waals surface area contributed by atoms with Gasteiger partial charge >= 0.3 is 0 Å². The molecular formula is C9H8FIO. The van der Waals surface area contributed by atoms with E-state index in [0.29, 0.717) is 18.4 Å². The molecular weight excluding hydrogens is 270 g/mol. The summed E-state index contributed by atoms with van der Waals surface area (Å²) < 4.78 is 13.0. The first-order chi connectivity index (χ1) is 5.70. The molecule has 0 aliphatic rings. The summed E-state index contributed by atoms with van der Waals surface area (Å²) in [6.07, 6.45) is 0.899. The maximum Gasteiger partial charge on any atom is 0.192 e. The second-order valence-electron chi connectivity index (χ2n) is 2.45. The first-order valence-corrected chi connectivity index (χ1v) is 4.70. The molecule has 0 atom stereocenters. The molecule has 0 aromatic heterocycles. The van der Waals surface area contributed by atoms with E-state index in [-0.39, 0.29) is 9.61 Å². The van der Waals surface area contributed by atoms with Crippen molar-refractivity contribution < 1.29 is 9.18 Å². The first kappa shape index (κ1) is 9.64. The van der Waals surface area contributed by atoms with Crippen LogP contribution in [-0.4, -0.2) is 3.79 Å². The van der Waals surface area contributed by atoms with Crippen LogP contribution in [0.15, 0.2) is 24.3 Å². The average Bonchev–Trinajstić information content (AvgIpc) is 2.03. The summed E-state index contributed by atoms with van der Waals surface area (Å²) in [6, 6.07) is 6.53. The molecule has 0 amide bonds. The average molecular weight is 278 g/mol. The Bertz CT molecular complexity index is 286. The first-order valence-electron chi connectivity index (χ1n) is 3.62. The fraction of sp³-hybridized carbons (Fsp3) is 0.222. The highest BCUT2D eigenvalue weighted by Crippen LogP contribution is 2.09. The summed E-state index contributed by atoms with van der Waals surface area (Å²) in [4.78, 5) is 10.6. The van der Waals surface area contributed by atoms with Crippen molar-refractivity contribution >= 4 is 26.4 Å². The molecule has 0 bridgehead atoms. The molecule has 1 nitrogen and oxygen atoms in total. The van der Waals surface area contributed by atoms with Crippen LogP contribution in [0.5, 0.6) is 0 Å². The van der Waals surface area contributed by atoms with E-state index in [1.807, 2.05) is 0 Å². The largest absolute Gasteiger partial charge is 0.288 e. The molecule has 0 saturated heterocycles. The molecule has 0 fully saturated rings. The van der Waals surface area contributed by atoms with E-state index < -0.39 is 0 Å². The van der Waals surface area contributed by atoms with Gasteiger partial charge in [-0.05, 0) is 40.6 Å². The summed E-state index contributed by atoms with van der Waals surface area (Å²) in [6.45, 7) is 0. The molecule has 0 heterocycles. The van der Waals surface area contributed by atoms with Gasteiger partial charge in [-0.25, -0.2) is 4.39 Å². The lowest BCUT2D eigenvalue weighted by atomic mass is 10.1. The van der Waals surface area contributed by atoms with Gasteiger partial charge in [-0.2, -0.15) is 0 Å². The van der Waals surface area contributed by atoms with Gasteiger partial charge in [-0.3, -0.25) is 4.79 Å². The van der Waals surface area contributed by atoms with Gasteiger partial charge in [0.1, 0.15) is 5.82 Å². The Kier molecular flexibility index (Phi) is 3.65. The number of aryl methyl sites for hydroxylation is 1. The summed E-state index contributed by atoms with van der Waals surface area (Å²) in [5.74, 6) is -0.227. The zero-order valence-corrected chi connectivity index (χ0v) is 8.55. The third kappa shape index (κ3) is 2.89. The summed E-state index contributed by atoms with van der Waals surface area (Å²) >= 11 is 1.72. The maximum absolute atomic E-state index is 12.9. The highest BCUT2D eigenvalue weighted by Gasteiger charge is 2.02. The SMILES string of the molecule is O=C(I)CCc1ccccc1F. The highest BCUT2D eigenvalue weighted by molar-refractivity contribution is 14.1. The third-order valence-electron chi connectivity index (χ3n) is 1.55. The minimum atomic E-state index is -0.227. The van der Waals surface area contributed by atoms with E-state index in [1.165, 1.54) is 6.07 Å². The van der Waals surface area contributed by atoms with Gasteiger partial charge in [0.05, 0.1) is 0 Å². The van der Waals surface area contributed by atoms with Gasteiger partial charge in [0, 0.05) is 6.42 Å². The molecule has 0 unspecified atom stereocenters. The lowest BCUT2D eigenvalue weighted by Crippen LogP contribution is -1.93. The fourth-order valence-corrected chi connectivity index (χ4v) is 1.20. The van der Waals surface area contributed by atoms with Gasteiger partial charge < -0.3 is 0 Å². The molecule has 12 heavy (non-hydrogen) atoms. The molecule has 0 aliphatic heterocycles. The lowest BCUT2D eigenvalue weighted by Gasteiger charge is -1.98. The number of benzene rings is 1. The van der Waals surface area contributed by atoms with E-state index in [2.05, 4.69) is 0 Å². The van der Waals surface area contributed by atoms with Crippen molar-refractivity contribution in [3.63, 3.8) is 0 Å². The second kappa shape index (κ2) is 4.54. The fourth-order valence-electron chi connectivity index (χ4n) is 0.934. The molecule has 0 N–H and O–H groups in total. The van der Waals surface area contributed by atoms with Crippen molar-refractivity contribution in [2.75, 3.05) is 0 Å². The van der Waals surface area contributed by atoms with Crippen molar-refractivity contribution in [1.29, 1.82) is 0 Å². The van der Waals surface area contributed by atoms with Crippen molar-refractivity contribution in [3.05, 3.63) is 35.6 Å². The van der Waals surface area contributed by atoms with E-state index in [1.54, 1.807) is 40.8 Å². The summed E-state index contributed by atoms with van der Waals surface area (Å²) in [5, 5.41) is 0. The van der Waals surface area contributed by atoms with Crippen LogP contribution in [0.2, 0.25) is 0 Å². The number of carbonyl (C=O) groups excluding carboxylic acids is 1. The summed E-state index contributed by atoms with van der Waals surface area (Å²) in [7, 11) is 0. The number of hydrogen-bond donors (Lipinski definition) is 0. The van der Waals surface area contributed by atoms with Crippen LogP contribution in [0.25, 0.3) is 0 Å².